The van der Waals surface area contributed by atoms with Crippen molar-refractivity contribution in [3.63, 3.8) is 0 Å². The number of ether oxygens (including phenoxy) is 2. The highest BCUT2D eigenvalue weighted by atomic mass is 16.5. The lowest BCUT2D eigenvalue weighted by molar-refractivity contribution is 0.193. The highest BCUT2D eigenvalue weighted by molar-refractivity contribution is 5.43. The van der Waals surface area contributed by atoms with Crippen LogP contribution in [0.25, 0.3) is 0 Å². The molecule has 0 aliphatic heterocycles. The molecule has 1 unspecified atom stereocenters. The summed E-state index contributed by atoms with van der Waals surface area (Å²) in [5.74, 6) is 2.47. The molecule has 4 nitrogen and oxygen atoms in total. The standard InChI is InChI=1S/C17H28N2O2/c1-18-15(12-19(2)11-13-6-5-7-13)14-8-9-16(20-3)17(10-14)21-4/h8-10,13,15,18H,5-7,11-12H2,1-4H3. The van der Waals surface area contributed by atoms with E-state index < -0.39 is 0 Å². The first-order valence-corrected chi connectivity index (χ1v) is 7.75. The molecule has 1 aromatic rings. The van der Waals surface area contributed by atoms with Gasteiger partial charge in [0.15, 0.2) is 11.5 Å². The van der Waals surface area contributed by atoms with Gasteiger partial charge in [-0.15, -0.1) is 0 Å². The fourth-order valence-electron chi connectivity index (χ4n) is 2.94. The number of rotatable bonds is 8. The van der Waals surface area contributed by atoms with Crippen LogP contribution < -0.4 is 14.8 Å². The summed E-state index contributed by atoms with van der Waals surface area (Å²) in [6.07, 6.45) is 4.19. The van der Waals surface area contributed by atoms with E-state index in [4.69, 9.17) is 9.47 Å². The van der Waals surface area contributed by atoms with E-state index in [1.807, 2.05) is 13.1 Å². The molecular formula is C17H28N2O2. The van der Waals surface area contributed by atoms with Crippen molar-refractivity contribution in [3.8, 4) is 11.5 Å². The molecule has 0 saturated heterocycles. The minimum absolute atomic E-state index is 0.301. The van der Waals surface area contributed by atoms with Crippen molar-refractivity contribution in [1.29, 1.82) is 0 Å². The van der Waals surface area contributed by atoms with Crippen molar-refractivity contribution in [2.24, 2.45) is 5.92 Å². The number of nitrogens with zero attached hydrogens (tertiary/aromatic N) is 1. The minimum Gasteiger partial charge on any atom is -0.493 e. The summed E-state index contributed by atoms with van der Waals surface area (Å²) in [6.45, 7) is 2.20. The van der Waals surface area contributed by atoms with E-state index in [9.17, 15) is 0 Å². The normalized spacial score (nSPS) is 16.6. The average Bonchev–Trinajstić information content (AvgIpc) is 2.47. The summed E-state index contributed by atoms with van der Waals surface area (Å²) < 4.78 is 10.7. The first-order valence-electron chi connectivity index (χ1n) is 7.75. The van der Waals surface area contributed by atoms with Crippen LogP contribution >= 0.6 is 0 Å². The van der Waals surface area contributed by atoms with Crippen LogP contribution in [0.5, 0.6) is 11.5 Å². The van der Waals surface area contributed by atoms with Gasteiger partial charge < -0.3 is 19.7 Å². The van der Waals surface area contributed by atoms with Crippen molar-refractivity contribution >= 4 is 0 Å². The summed E-state index contributed by atoms with van der Waals surface area (Å²) in [4.78, 5) is 2.43. The van der Waals surface area contributed by atoms with Crippen LogP contribution in [0.2, 0.25) is 0 Å². The van der Waals surface area contributed by atoms with Crippen molar-refractivity contribution in [2.45, 2.75) is 25.3 Å². The number of methoxy groups -OCH3 is 2. The molecule has 0 amide bonds. The Labute approximate surface area is 128 Å². The van der Waals surface area contributed by atoms with E-state index in [-0.39, 0.29) is 0 Å². The van der Waals surface area contributed by atoms with E-state index in [1.165, 1.54) is 31.4 Å². The van der Waals surface area contributed by atoms with Gasteiger partial charge >= 0.3 is 0 Å². The second kappa shape index (κ2) is 7.66. The maximum Gasteiger partial charge on any atom is 0.161 e. The van der Waals surface area contributed by atoms with Gasteiger partial charge in [-0.05, 0) is 50.6 Å². The molecule has 1 atom stereocenters. The Hall–Kier alpha value is -1.26. The average molecular weight is 292 g/mol. The third kappa shape index (κ3) is 4.11. The number of benzene rings is 1. The lowest BCUT2D eigenvalue weighted by atomic mass is 9.85. The Balaban J connectivity index is 2.01. The quantitative estimate of drug-likeness (QED) is 0.799. The van der Waals surface area contributed by atoms with Crippen LogP contribution in [0.1, 0.15) is 30.9 Å². The van der Waals surface area contributed by atoms with E-state index in [1.54, 1.807) is 14.2 Å². The second-order valence-corrected chi connectivity index (χ2v) is 5.97. The molecule has 2 rings (SSSR count). The van der Waals surface area contributed by atoms with Crippen LogP contribution in [0.4, 0.5) is 0 Å². The number of nitrogens with one attached hydrogen (secondary N) is 1. The minimum atomic E-state index is 0.301. The van der Waals surface area contributed by atoms with Gasteiger partial charge in [0.2, 0.25) is 0 Å². The summed E-state index contributed by atoms with van der Waals surface area (Å²) in [5, 5.41) is 3.41. The molecule has 0 radical (unpaired) electrons. The summed E-state index contributed by atoms with van der Waals surface area (Å²) in [6, 6.07) is 6.45. The van der Waals surface area contributed by atoms with Crippen molar-refractivity contribution < 1.29 is 9.47 Å². The smallest absolute Gasteiger partial charge is 0.161 e. The lowest BCUT2D eigenvalue weighted by Crippen LogP contribution is -2.36. The molecule has 0 spiro atoms. The lowest BCUT2D eigenvalue weighted by Gasteiger charge is -2.32. The van der Waals surface area contributed by atoms with Crippen molar-refractivity contribution in [1.82, 2.24) is 10.2 Å². The fourth-order valence-corrected chi connectivity index (χ4v) is 2.94. The van der Waals surface area contributed by atoms with Crippen molar-refractivity contribution in [2.75, 3.05) is 41.4 Å². The van der Waals surface area contributed by atoms with E-state index in [2.05, 4.69) is 29.4 Å². The molecule has 1 fully saturated rings. The van der Waals surface area contributed by atoms with Gasteiger partial charge in [0.25, 0.3) is 0 Å². The summed E-state index contributed by atoms with van der Waals surface area (Å²) in [5.41, 5.74) is 1.23. The van der Waals surface area contributed by atoms with Gasteiger partial charge in [0.1, 0.15) is 0 Å². The SMILES string of the molecule is CNC(CN(C)CC1CCC1)c1ccc(OC)c(OC)c1. The molecule has 0 aromatic heterocycles. The first-order chi connectivity index (χ1) is 10.2. The number of hydrogen-bond acceptors (Lipinski definition) is 4. The molecule has 1 aliphatic rings. The Morgan fingerprint density at radius 2 is 1.95 bits per heavy atom. The zero-order valence-corrected chi connectivity index (χ0v) is 13.7. The zero-order valence-electron chi connectivity index (χ0n) is 13.7. The second-order valence-electron chi connectivity index (χ2n) is 5.97. The fraction of sp³-hybridized carbons (Fsp3) is 0.647. The van der Waals surface area contributed by atoms with E-state index in [0.717, 1.165) is 24.0 Å². The third-order valence-corrected chi connectivity index (χ3v) is 4.45. The maximum atomic E-state index is 5.40. The molecule has 118 valence electrons. The van der Waals surface area contributed by atoms with E-state index in [0.29, 0.717) is 6.04 Å². The molecule has 4 heteroatoms. The largest absolute Gasteiger partial charge is 0.493 e. The van der Waals surface area contributed by atoms with Crippen LogP contribution in [-0.4, -0.2) is 46.3 Å². The molecule has 0 bridgehead atoms. The maximum absolute atomic E-state index is 5.40. The van der Waals surface area contributed by atoms with Gasteiger partial charge in [-0.3, -0.25) is 0 Å². The summed E-state index contributed by atoms with van der Waals surface area (Å²) in [7, 11) is 7.57. The molecule has 1 aliphatic carbocycles. The topological polar surface area (TPSA) is 33.7 Å². The molecular weight excluding hydrogens is 264 g/mol. The highest BCUT2D eigenvalue weighted by Gasteiger charge is 2.21. The monoisotopic (exact) mass is 292 g/mol. The predicted molar refractivity (Wildman–Crippen MR) is 86.2 cm³/mol. The Morgan fingerprint density at radius 3 is 2.48 bits per heavy atom. The number of likely N-dealkylation sites (N-methyl/N-ethyl adjacent to an activating group) is 2. The molecule has 21 heavy (non-hydrogen) atoms. The van der Waals surface area contributed by atoms with Crippen molar-refractivity contribution in [3.05, 3.63) is 23.8 Å². The zero-order chi connectivity index (χ0) is 15.2. The molecule has 1 N–H and O–H groups in total. The highest BCUT2D eigenvalue weighted by Crippen LogP contribution is 2.31. The van der Waals surface area contributed by atoms with Crippen LogP contribution in [-0.2, 0) is 0 Å². The van der Waals surface area contributed by atoms with Gasteiger partial charge in [0.05, 0.1) is 14.2 Å². The first kappa shape index (κ1) is 16.1. The third-order valence-electron chi connectivity index (χ3n) is 4.45. The van der Waals surface area contributed by atoms with Gasteiger partial charge in [-0.2, -0.15) is 0 Å². The summed E-state index contributed by atoms with van der Waals surface area (Å²) >= 11 is 0. The van der Waals surface area contributed by atoms with Gasteiger partial charge in [-0.1, -0.05) is 12.5 Å². The van der Waals surface area contributed by atoms with Crippen LogP contribution in [0.3, 0.4) is 0 Å². The number of hydrogen-bond donors (Lipinski definition) is 1. The predicted octanol–water partition coefficient (Wildman–Crippen LogP) is 2.70. The van der Waals surface area contributed by atoms with E-state index >= 15 is 0 Å². The molecule has 1 saturated carbocycles. The van der Waals surface area contributed by atoms with Gasteiger partial charge in [-0.25, -0.2) is 0 Å². The molecule has 0 heterocycles. The van der Waals surface area contributed by atoms with Gasteiger partial charge in [0, 0.05) is 19.1 Å². The Kier molecular flexibility index (Phi) is 5.88. The van der Waals surface area contributed by atoms with Crippen LogP contribution in [0.15, 0.2) is 18.2 Å². The Bertz CT molecular complexity index is 446. The Morgan fingerprint density at radius 1 is 1.24 bits per heavy atom. The molecule has 1 aromatic carbocycles. The van der Waals surface area contributed by atoms with Crippen LogP contribution in [0, 0.1) is 5.92 Å².